The van der Waals surface area contributed by atoms with Gasteiger partial charge in [0, 0.05) is 13.7 Å². The van der Waals surface area contributed by atoms with Crippen molar-refractivity contribution in [1.82, 2.24) is 0 Å². The van der Waals surface area contributed by atoms with Crippen LogP contribution in [0.5, 0.6) is 0 Å². The summed E-state index contributed by atoms with van der Waals surface area (Å²) in [6.07, 6.45) is 3.43. The average Bonchev–Trinajstić information content (AvgIpc) is 2.18. The highest BCUT2D eigenvalue weighted by Crippen LogP contribution is 2.12. The summed E-state index contributed by atoms with van der Waals surface area (Å²) in [4.78, 5) is 0. The van der Waals surface area contributed by atoms with Crippen LogP contribution in [0.1, 0.15) is 33.1 Å². The average molecular weight is 204 g/mol. The van der Waals surface area contributed by atoms with Crippen molar-refractivity contribution in [3.63, 3.8) is 0 Å². The number of hydrogen-bond acceptors (Lipinski definition) is 3. The molecule has 0 radical (unpaired) electrons. The van der Waals surface area contributed by atoms with Gasteiger partial charge >= 0.3 is 0 Å². The van der Waals surface area contributed by atoms with Crippen LogP contribution in [0.4, 0.5) is 0 Å². The van der Waals surface area contributed by atoms with Crippen molar-refractivity contribution in [1.29, 1.82) is 0 Å². The zero-order valence-electron chi connectivity index (χ0n) is 9.66. The summed E-state index contributed by atoms with van der Waals surface area (Å²) >= 11 is 0. The summed E-state index contributed by atoms with van der Waals surface area (Å²) in [6.45, 7) is 5.71. The van der Waals surface area contributed by atoms with Crippen molar-refractivity contribution < 1.29 is 14.6 Å². The predicted molar refractivity (Wildman–Crippen MR) is 57.1 cm³/mol. The first-order valence-electron chi connectivity index (χ1n) is 5.38. The second-order valence-electron chi connectivity index (χ2n) is 4.10. The zero-order chi connectivity index (χ0) is 10.8. The van der Waals surface area contributed by atoms with E-state index < -0.39 is 0 Å². The molecule has 0 aliphatic heterocycles. The molecule has 3 heteroatoms. The van der Waals surface area contributed by atoms with Crippen LogP contribution in [0.15, 0.2) is 0 Å². The van der Waals surface area contributed by atoms with Gasteiger partial charge in [-0.1, -0.05) is 20.3 Å². The third-order valence-corrected chi connectivity index (χ3v) is 2.31. The van der Waals surface area contributed by atoms with E-state index in [1.54, 1.807) is 7.11 Å². The van der Waals surface area contributed by atoms with E-state index in [0.29, 0.717) is 25.2 Å². The maximum Gasteiger partial charge on any atom is 0.146 e. The van der Waals surface area contributed by atoms with E-state index in [0.717, 1.165) is 19.4 Å². The molecule has 0 bridgehead atoms. The van der Waals surface area contributed by atoms with Crippen LogP contribution in [0.2, 0.25) is 0 Å². The van der Waals surface area contributed by atoms with E-state index in [-0.39, 0.29) is 0 Å². The second kappa shape index (κ2) is 9.44. The van der Waals surface area contributed by atoms with Crippen molar-refractivity contribution in [3.05, 3.63) is 0 Å². The second-order valence-corrected chi connectivity index (χ2v) is 4.10. The highest BCUT2D eigenvalue weighted by molar-refractivity contribution is 4.55. The van der Waals surface area contributed by atoms with Crippen LogP contribution < -0.4 is 0 Å². The molecule has 0 saturated heterocycles. The largest absolute Gasteiger partial charge is 0.396 e. The van der Waals surface area contributed by atoms with E-state index in [1.807, 2.05) is 0 Å². The van der Waals surface area contributed by atoms with Crippen LogP contribution in [0, 0.1) is 11.8 Å². The molecular weight excluding hydrogens is 180 g/mol. The van der Waals surface area contributed by atoms with Gasteiger partial charge in [-0.3, -0.25) is 0 Å². The van der Waals surface area contributed by atoms with Gasteiger partial charge in [0.2, 0.25) is 0 Å². The van der Waals surface area contributed by atoms with Gasteiger partial charge in [0.1, 0.15) is 6.79 Å². The molecule has 0 rings (SSSR count). The molecule has 0 amide bonds. The van der Waals surface area contributed by atoms with Gasteiger partial charge in [0.25, 0.3) is 0 Å². The lowest BCUT2D eigenvalue weighted by atomic mass is 10.00. The van der Waals surface area contributed by atoms with E-state index in [2.05, 4.69) is 13.8 Å². The summed E-state index contributed by atoms with van der Waals surface area (Å²) in [5.41, 5.74) is 0. The van der Waals surface area contributed by atoms with E-state index in [1.165, 1.54) is 6.42 Å². The Morgan fingerprint density at radius 3 is 2.36 bits per heavy atom. The Kier molecular flexibility index (Phi) is 9.35. The van der Waals surface area contributed by atoms with Gasteiger partial charge in [-0.25, -0.2) is 0 Å². The summed E-state index contributed by atoms with van der Waals surface area (Å²) < 4.78 is 10.1. The third-order valence-electron chi connectivity index (χ3n) is 2.31. The number of hydrogen-bond donors (Lipinski definition) is 1. The Morgan fingerprint density at radius 2 is 1.79 bits per heavy atom. The molecular formula is C11H24O3. The van der Waals surface area contributed by atoms with Gasteiger partial charge in [-0.2, -0.15) is 0 Å². The first kappa shape index (κ1) is 13.9. The molecule has 86 valence electrons. The highest BCUT2D eigenvalue weighted by atomic mass is 16.7. The lowest BCUT2D eigenvalue weighted by Gasteiger charge is -2.12. The number of rotatable bonds is 9. The quantitative estimate of drug-likeness (QED) is 0.461. The molecule has 2 atom stereocenters. The van der Waals surface area contributed by atoms with Crippen LogP contribution in [-0.2, 0) is 9.47 Å². The number of ether oxygens (including phenoxy) is 2. The Labute approximate surface area is 87.4 Å². The lowest BCUT2D eigenvalue weighted by Crippen LogP contribution is -2.09. The predicted octanol–water partition coefficient (Wildman–Crippen LogP) is 2.04. The van der Waals surface area contributed by atoms with Gasteiger partial charge < -0.3 is 14.6 Å². The summed E-state index contributed by atoms with van der Waals surface area (Å²) in [5.74, 6) is 1.01. The molecule has 3 nitrogen and oxygen atoms in total. The van der Waals surface area contributed by atoms with Crippen molar-refractivity contribution >= 4 is 0 Å². The normalized spacial score (nSPS) is 15.4. The van der Waals surface area contributed by atoms with Crippen LogP contribution in [0.25, 0.3) is 0 Å². The summed E-state index contributed by atoms with van der Waals surface area (Å²) in [5, 5.41) is 8.83. The number of aliphatic hydroxyl groups excluding tert-OH is 1. The van der Waals surface area contributed by atoms with Crippen molar-refractivity contribution in [3.8, 4) is 0 Å². The molecule has 0 aromatic carbocycles. The fourth-order valence-electron chi connectivity index (χ4n) is 1.32. The Balaban J connectivity index is 3.21. The Morgan fingerprint density at radius 1 is 1.14 bits per heavy atom. The molecule has 1 N–H and O–H groups in total. The minimum atomic E-state index is 0.300. The Hall–Kier alpha value is -0.120. The molecule has 0 fully saturated rings. The molecule has 0 aliphatic carbocycles. The molecule has 0 spiro atoms. The van der Waals surface area contributed by atoms with Crippen LogP contribution in [0.3, 0.4) is 0 Å². The fourth-order valence-corrected chi connectivity index (χ4v) is 1.32. The monoisotopic (exact) mass is 204 g/mol. The zero-order valence-corrected chi connectivity index (χ0v) is 9.66. The summed E-state index contributed by atoms with van der Waals surface area (Å²) in [7, 11) is 1.63. The molecule has 0 unspecified atom stereocenters. The summed E-state index contributed by atoms with van der Waals surface area (Å²) in [6, 6.07) is 0. The molecule has 0 saturated carbocycles. The maximum atomic E-state index is 8.83. The van der Waals surface area contributed by atoms with Gasteiger partial charge in [-0.15, -0.1) is 0 Å². The first-order valence-corrected chi connectivity index (χ1v) is 5.38. The van der Waals surface area contributed by atoms with Gasteiger partial charge in [0.15, 0.2) is 0 Å². The smallest absolute Gasteiger partial charge is 0.146 e. The fraction of sp³-hybridized carbons (Fsp3) is 1.00. The van der Waals surface area contributed by atoms with E-state index in [9.17, 15) is 0 Å². The molecule has 0 aromatic heterocycles. The lowest BCUT2D eigenvalue weighted by molar-refractivity contribution is -0.0425. The van der Waals surface area contributed by atoms with Crippen molar-refractivity contribution in [2.75, 3.05) is 27.1 Å². The number of methoxy groups -OCH3 is 1. The van der Waals surface area contributed by atoms with Gasteiger partial charge in [-0.05, 0) is 24.7 Å². The minimum absolute atomic E-state index is 0.300. The van der Waals surface area contributed by atoms with Crippen LogP contribution >= 0.6 is 0 Å². The third kappa shape index (κ3) is 8.48. The maximum absolute atomic E-state index is 8.83. The number of aliphatic hydroxyl groups is 1. The van der Waals surface area contributed by atoms with Gasteiger partial charge in [0.05, 0.1) is 6.61 Å². The Bertz CT molecular complexity index is 117. The van der Waals surface area contributed by atoms with E-state index in [4.69, 9.17) is 14.6 Å². The molecule has 0 heterocycles. The van der Waals surface area contributed by atoms with Crippen LogP contribution in [-0.4, -0.2) is 32.2 Å². The molecule has 14 heavy (non-hydrogen) atoms. The molecule has 0 aromatic rings. The van der Waals surface area contributed by atoms with Crippen molar-refractivity contribution in [2.24, 2.45) is 11.8 Å². The molecule has 0 aliphatic rings. The SMILES string of the molecule is COCOC[C@H](C)CCC[C@H](C)CO. The standard InChI is InChI=1S/C11H24O3/c1-10(7-12)5-4-6-11(2)8-14-9-13-3/h10-12H,4-9H2,1-3H3/t10-,11+/m0/s1. The van der Waals surface area contributed by atoms with E-state index >= 15 is 0 Å². The first-order chi connectivity index (χ1) is 6.70. The minimum Gasteiger partial charge on any atom is -0.396 e. The highest BCUT2D eigenvalue weighted by Gasteiger charge is 2.04. The topological polar surface area (TPSA) is 38.7 Å². The van der Waals surface area contributed by atoms with Crippen molar-refractivity contribution in [2.45, 2.75) is 33.1 Å².